The summed E-state index contributed by atoms with van der Waals surface area (Å²) >= 11 is 1.51. The van der Waals surface area contributed by atoms with Crippen molar-refractivity contribution in [2.75, 3.05) is 13.6 Å². The first kappa shape index (κ1) is 11.2. The highest BCUT2D eigenvalue weighted by molar-refractivity contribution is 7.14. The second-order valence-corrected chi connectivity index (χ2v) is 4.43. The van der Waals surface area contributed by atoms with Crippen LogP contribution in [-0.2, 0) is 6.42 Å². The van der Waals surface area contributed by atoms with Gasteiger partial charge in [0.15, 0.2) is 0 Å². The van der Waals surface area contributed by atoms with Gasteiger partial charge in [0, 0.05) is 18.5 Å². The molecule has 1 aromatic heterocycles. The van der Waals surface area contributed by atoms with E-state index in [4.69, 9.17) is 0 Å². The quantitative estimate of drug-likeness (QED) is 0.885. The molecule has 2 rings (SSSR count). The first-order valence-corrected chi connectivity index (χ1v) is 5.84. The highest BCUT2D eigenvalue weighted by Gasteiger charge is 2.06. The van der Waals surface area contributed by atoms with E-state index in [2.05, 4.69) is 15.5 Å². The SMILES string of the molecule is CNCCc1nnc(-c2cccc(F)c2)s1. The Balaban J connectivity index is 2.18. The van der Waals surface area contributed by atoms with Crippen LogP contribution in [0.1, 0.15) is 5.01 Å². The minimum Gasteiger partial charge on any atom is -0.319 e. The molecule has 3 nitrogen and oxygen atoms in total. The molecular formula is C11H12FN3S. The summed E-state index contributed by atoms with van der Waals surface area (Å²) in [5.74, 6) is -0.246. The Labute approximate surface area is 97.3 Å². The summed E-state index contributed by atoms with van der Waals surface area (Å²) in [4.78, 5) is 0. The number of halogens is 1. The van der Waals surface area contributed by atoms with Crippen molar-refractivity contribution in [2.45, 2.75) is 6.42 Å². The number of hydrogen-bond acceptors (Lipinski definition) is 4. The van der Waals surface area contributed by atoms with Crippen molar-refractivity contribution in [1.82, 2.24) is 15.5 Å². The van der Waals surface area contributed by atoms with E-state index in [0.29, 0.717) is 0 Å². The van der Waals surface area contributed by atoms with Crippen LogP contribution >= 0.6 is 11.3 Å². The molecular weight excluding hydrogens is 225 g/mol. The first-order chi connectivity index (χ1) is 7.79. The maximum atomic E-state index is 13.0. The summed E-state index contributed by atoms with van der Waals surface area (Å²) in [5, 5.41) is 12.9. The van der Waals surface area contributed by atoms with Crippen molar-refractivity contribution in [3.8, 4) is 10.6 Å². The van der Waals surface area contributed by atoms with E-state index in [1.165, 1.54) is 23.5 Å². The Morgan fingerprint density at radius 2 is 2.25 bits per heavy atom. The third-order valence-electron chi connectivity index (χ3n) is 2.13. The van der Waals surface area contributed by atoms with Crippen molar-refractivity contribution in [1.29, 1.82) is 0 Å². The number of hydrogen-bond donors (Lipinski definition) is 1. The lowest BCUT2D eigenvalue weighted by atomic mass is 10.2. The minimum atomic E-state index is -0.246. The summed E-state index contributed by atoms with van der Waals surface area (Å²) in [6, 6.07) is 6.42. The molecule has 0 bridgehead atoms. The number of benzene rings is 1. The molecule has 2 aromatic rings. The summed E-state index contributed by atoms with van der Waals surface area (Å²) in [5.41, 5.74) is 0.785. The smallest absolute Gasteiger partial charge is 0.147 e. The number of aromatic nitrogens is 2. The molecule has 0 aliphatic rings. The zero-order valence-electron chi connectivity index (χ0n) is 8.90. The molecule has 0 atom stereocenters. The van der Waals surface area contributed by atoms with E-state index in [0.717, 1.165) is 28.5 Å². The topological polar surface area (TPSA) is 37.8 Å². The fraction of sp³-hybridized carbons (Fsp3) is 0.273. The van der Waals surface area contributed by atoms with Gasteiger partial charge in [0.05, 0.1) is 0 Å². The Hall–Kier alpha value is -1.33. The standard InChI is InChI=1S/C11H12FN3S/c1-13-6-5-10-14-15-11(16-10)8-3-2-4-9(12)7-8/h2-4,7,13H,5-6H2,1H3. The summed E-state index contributed by atoms with van der Waals surface area (Å²) in [7, 11) is 1.90. The van der Waals surface area contributed by atoms with Crippen LogP contribution in [0.4, 0.5) is 4.39 Å². The van der Waals surface area contributed by atoms with Gasteiger partial charge in [-0.25, -0.2) is 4.39 Å². The lowest BCUT2D eigenvalue weighted by Gasteiger charge is -1.94. The number of nitrogens with zero attached hydrogens (tertiary/aromatic N) is 2. The Morgan fingerprint density at radius 3 is 3.00 bits per heavy atom. The fourth-order valence-corrected chi connectivity index (χ4v) is 2.16. The van der Waals surface area contributed by atoms with Gasteiger partial charge in [-0.1, -0.05) is 23.5 Å². The zero-order chi connectivity index (χ0) is 11.4. The van der Waals surface area contributed by atoms with E-state index in [1.54, 1.807) is 6.07 Å². The van der Waals surface area contributed by atoms with E-state index in [-0.39, 0.29) is 5.82 Å². The predicted octanol–water partition coefficient (Wildman–Crippen LogP) is 2.11. The van der Waals surface area contributed by atoms with E-state index >= 15 is 0 Å². The molecule has 84 valence electrons. The van der Waals surface area contributed by atoms with Crippen molar-refractivity contribution >= 4 is 11.3 Å². The van der Waals surface area contributed by atoms with Crippen LogP contribution in [0, 0.1) is 5.82 Å². The van der Waals surface area contributed by atoms with Gasteiger partial charge in [-0.15, -0.1) is 10.2 Å². The van der Waals surface area contributed by atoms with Crippen LogP contribution in [0.2, 0.25) is 0 Å². The fourth-order valence-electron chi connectivity index (χ4n) is 1.32. The molecule has 1 N–H and O–H groups in total. The predicted molar refractivity (Wildman–Crippen MR) is 62.9 cm³/mol. The highest BCUT2D eigenvalue weighted by Crippen LogP contribution is 2.23. The van der Waals surface area contributed by atoms with Crippen LogP contribution in [-0.4, -0.2) is 23.8 Å². The van der Waals surface area contributed by atoms with Crippen LogP contribution in [0.15, 0.2) is 24.3 Å². The van der Waals surface area contributed by atoms with Gasteiger partial charge in [-0.05, 0) is 19.2 Å². The van der Waals surface area contributed by atoms with E-state index in [1.807, 2.05) is 13.1 Å². The highest BCUT2D eigenvalue weighted by atomic mass is 32.1. The second kappa shape index (κ2) is 5.14. The van der Waals surface area contributed by atoms with Crippen LogP contribution in [0.25, 0.3) is 10.6 Å². The summed E-state index contributed by atoms with van der Waals surface area (Å²) < 4.78 is 13.0. The largest absolute Gasteiger partial charge is 0.319 e. The van der Waals surface area contributed by atoms with Crippen molar-refractivity contribution in [2.24, 2.45) is 0 Å². The lowest BCUT2D eigenvalue weighted by molar-refractivity contribution is 0.628. The third kappa shape index (κ3) is 2.62. The molecule has 0 amide bonds. The zero-order valence-corrected chi connectivity index (χ0v) is 9.72. The van der Waals surface area contributed by atoms with Crippen molar-refractivity contribution in [3.63, 3.8) is 0 Å². The number of likely N-dealkylation sites (N-methyl/N-ethyl adjacent to an activating group) is 1. The minimum absolute atomic E-state index is 0.246. The Morgan fingerprint density at radius 1 is 1.38 bits per heavy atom. The van der Waals surface area contributed by atoms with E-state index in [9.17, 15) is 4.39 Å². The normalized spacial score (nSPS) is 10.6. The van der Waals surface area contributed by atoms with Gasteiger partial charge < -0.3 is 5.32 Å². The lowest BCUT2D eigenvalue weighted by Crippen LogP contribution is -2.09. The average molecular weight is 237 g/mol. The molecule has 0 radical (unpaired) electrons. The van der Waals surface area contributed by atoms with Gasteiger partial charge in [0.2, 0.25) is 0 Å². The maximum Gasteiger partial charge on any atom is 0.147 e. The number of nitrogens with one attached hydrogen (secondary N) is 1. The molecule has 0 saturated carbocycles. The van der Waals surface area contributed by atoms with Crippen LogP contribution in [0.5, 0.6) is 0 Å². The molecule has 0 aliphatic carbocycles. The molecule has 16 heavy (non-hydrogen) atoms. The maximum absolute atomic E-state index is 13.0. The number of rotatable bonds is 4. The Bertz CT molecular complexity index is 470. The van der Waals surface area contributed by atoms with Crippen molar-refractivity contribution < 1.29 is 4.39 Å². The van der Waals surface area contributed by atoms with Gasteiger partial charge in [0.1, 0.15) is 15.8 Å². The monoisotopic (exact) mass is 237 g/mol. The third-order valence-corrected chi connectivity index (χ3v) is 3.16. The molecule has 0 spiro atoms. The van der Waals surface area contributed by atoms with Gasteiger partial charge >= 0.3 is 0 Å². The molecule has 5 heteroatoms. The molecule has 1 aromatic carbocycles. The van der Waals surface area contributed by atoms with E-state index < -0.39 is 0 Å². The average Bonchev–Trinajstić information content (AvgIpc) is 2.75. The van der Waals surface area contributed by atoms with Crippen LogP contribution < -0.4 is 5.32 Å². The van der Waals surface area contributed by atoms with Gasteiger partial charge in [0.25, 0.3) is 0 Å². The first-order valence-electron chi connectivity index (χ1n) is 5.02. The Kier molecular flexibility index (Phi) is 3.58. The molecule has 0 fully saturated rings. The molecule has 1 heterocycles. The summed E-state index contributed by atoms with van der Waals surface area (Å²) in [6.07, 6.45) is 0.851. The molecule has 0 aliphatic heterocycles. The van der Waals surface area contributed by atoms with Crippen LogP contribution in [0.3, 0.4) is 0 Å². The van der Waals surface area contributed by atoms with Gasteiger partial charge in [-0.3, -0.25) is 0 Å². The molecule has 0 saturated heterocycles. The van der Waals surface area contributed by atoms with Gasteiger partial charge in [-0.2, -0.15) is 0 Å². The summed E-state index contributed by atoms with van der Waals surface area (Å²) in [6.45, 7) is 0.873. The molecule has 0 unspecified atom stereocenters. The second-order valence-electron chi connectivity index (χ2n) is 3.36. The van der Waals surface area contributed by atoms with Crippen molar-refractivity contribution in [3.05, 3.63) is 35.1 Å².